The number of hydrogen-bond donors (Lipinski definition) is 0. The van der Waals surface area contributed by atoms with Gasteiger partial charge in [-0.1, -0.05) is 16.7 Å². The highest BCUT2D eigenvalue weighted by atomic mass is 79.9. The zero-order valence-corrected chi connectivity index (χ0v) is 14.9. The van der Waals surface area contributed by atoms with Crippen LogP contribution < -0.4 is 9.64 Å². The van der Waals surface area contributed by atoms with Gasteiger partial charge in [-0.15, -0.1) is 18.3 Å². The molecule has 0 saturated carbocycles. The molecular weight excluding hydrogens is 441 g/mol. The van der Waals surface area contributed by atoms with E-state index in [1.165, 1.54) is 18.0 Å². The number of aromatic nitrogens is 2. The lowest BCUT2D eigenvalue weighted by Gasteiger charge is -2.21. The summed E-state index contributed by atoms with van der Waals surface area (Å²) in [4.78, 5) is 1.40. The van der Waals surface area contributed by atoms with E-state index in [1.54, 1.807) is 0 Å². The Kier molecular flexibility index (Phi) is 5.71. The van der Waals surface area contributed by atoms with E-state index < -0.39 is 24.2 Å². The van der Waals surface area contributed by atoms with Crippen molar-refractivity contribution in [2.75, 3.05) is 11.9 Å². The highest BCUT2D eigenvalue weighted by Gasteiger charge is 2.31. The van der Waals surface area contributed by atoms with Gasteiger partial charge in [0.25, 0.3) is 6.43 Å². The van der Waals surface area contributed by atoms with Crippen molar-refractivity contribution in [3.05, 3.63) is 33.2 Å². The molecule has 1 aromatic heterocycles. The van der Waals surface area contributed by atoms with Crippen LogP contribution in [-0.2, 0) is 0 Å². The molecule has 0 amide bonds. The van der Waals surface area contributed by atoms with Crippen LogP contribution in [0.5, 0.6) is 5.75 Å². The number of ether oxygens (including phenoxy) is 1. The molecule has 0 aliphatic carbocycles. The van der Waals surface area contributed by atoms with Crippen LogP contribution in [0.2, 0.25) is 0 Å². The van der Waals surface area contributed by atoms with Crippen LogP contribution in [0.3, 0.4) is 0 Å². The molecule has 1 heterocycles. The van der Waals surface area contributed by atoms with Crippen LogP contribution in [0.1, 0.15) is 17.0 Å². The fraction of sp³-hybridized carbons (Fsp3) is 0.250. The van der Waals surface area contributed by atoms with Crippen molar-refractivity contribution in [3.8, 4) is 5.75 Å². The molecule has 0 unspecified atom stereocenters. The molecule has 4 nitrogen and oxygen atoms in total. The third kappa shape index (κ3) is 4.36. The maximum atomic E-state index is 12.9. The molecule has 0 radical (unpaired) electrons. The Bertz CT molecular complexity index is 753. The van der Waals surface area contributed by atoms with Gasteiger partial charge in [0, 0.05) is 11.5 Å². The molecule has 2 rings (SSSR count). The lowest BCUT2D eigenvalue weighted by atomic mass is 10.2. The average Bonchev–Trinajstić information content (AvgIpc) is 2.93. The van der Waals surface area contributed by atoms with Crippen molar-refractivity contribution in [3.63, 3.8) is 0 Å². The summed E-state index contributed by atoms with van der Waals surface area (Å²) in [5.41, 5.74) is -0.173. The van der Waals surface area contributed by atoms with E-state index in [2.05, 4.69) is 30.3 Å². The smallest absolute Gasteiger partial charge is 0.406 e. The van der Waals surface area contributed by atoms with Gasteiger partial charge in [0.1, 0.15) is 15.6 Å². The number of alkyl halides is 5. The normalized spacial score (nSPS) is 11.7. The van der Waals surface area contributed by atoms with Gasteiger partial charge in [-0.05, 0) is 45.7 Å². The van der Waals surface area contributed by atoms with Crippen molar-refractivity contribution in [1.82, 2.24) is 9.59 Å². The first kappa shape index (κ1) is 18.9. The number of anilines is 1. The summed E-state index contributed by atoms with van der Waals surface area (Å²) >= 11 is 8.98. The van der Waals surface area contributed by atoms with Crippen molar-refractivity contribution < 1.29 is 26.7 Å². The van der Waals surface area contributed by atoms with Gasteiger partial charge in [-0.3, -0.25) is 0 Å². The zero-order chi connectivity index (χ0) is 18.1. The van der Waals surface area contributed by atoms with Gasteiger partial charge in [-0.25, -0.2) is 8.78 Å². The Balaban J connectivity index is 2.27. The summed E-state index contributed by atoms with van der Waals surface area (Å²) in [6, 6.07) is 3.50. The highest BCUT2D eigenvalue weighted by Crippen LogP contribution is 2.34. The van der Waals surface area contributed by atoms with Crippen molar-refractivity contribution >= 4 is 50.4 Å². The minimum absolute atomic E-state index is 0.0185. The molecule has 0 aliphatic heterocycles. The first-order chi connectivity index (χ1) is 11.1. The Morgan fingerprint density at radius 2 is 2.04 bits per heavy atom. The minimum atomic E-state index is -4.82. The van der Waals surface area contributed by atoms with Gasteiger partial charge in [-0.2, -0.15) is 0 Å². The molecule has 0 N–H and O–H groups in total. The Morgan fingerprint density at radius 3 is 2.58 bits per heavy atom. The van der Waals surface area contributed by atoms with E-state index in [4.69, 9.17) is 12.2 Å². The summed E-state index contributed by atoms with van der Waals surface area (Å²) in [6.45, 7) is 0. The fourth-order valence-electron chi connectivity index (χ4n) is 1.71. The second kappa shape index (κ2) is 7.23. The maximum Gasteiger partial charge on any atom is 0.573 e. The molecule has 0 bridgehead atoms. The number of hydrogen-bond acceptors (Lipinski definition) is 5. The lowest BCUT2D eigenvalue weighted by molar-refractivity contribution is -0.274. The van der Waals surface area contributed by atoms with Gasteiger partial charge < -0.3 is 9.64 Å². The second-order valence-electron chi connectivity index (χ2n) is 4.31. The van der Waals surface area contributed by atoms with E-state index in [-0.39, 0.29) is 14.3 Å². The van der Waals surface area contributed by atoms with Crippen molar-refractivity contribution in [2.45, 2.75) is 12.8 Å². The highest BCUT2D eigenvalue weighted by molar-refractivity contribution is 9.10. The van der Waals surface area contributed by atoms with Crippen molar-refractivity contribution in [2.24, 2.45) is 0 Å². The summed E-state index contributed by atoms with van der Waals surface area (Å²) in [7, 11) is 1.49. The first-order valence-corrected chi connectivity index (χ1v) is 8.01. The average molecular weight is 448 g/mol. The third-order valence-corrected chi connectivity index (χ3v) is 4.72. The number of thiocarbonyl (C=S) groups is 1. The molecule has 24 heavy (non-hydrogen) atoms. The standard InChI is InChI=1S/C12H7BrF5N3OS2/c1-21(11(23)9-8(10(14)15)19-20-24-9)7-3-2-5(4-6(7)13)22-12(16,17)18/h2-4,10H,1H3. The fourth-order valence-corrected chi connectivity index (χ4v) is 3.29. The third-order valence-electron chi connectivity index (χ3n) is 2.73. The largest absolute Gasteiger partial charge is 0.573 e. The van der Waals surface area contributed by atoms with Gasteiger partial charge in [0.2, 0.25) is 0 Å². The van der Waals surface area contributed by atoms with E-state index >= 15 is 0 Å². The predicted molar refractivity (Wildman–Crippen MR) is 85.8 cm³/mol. The number of rotatable bonds is 4. The summed E-state index contributed by atoms with van der Waals surface area (Å²) in [6.07, 6.45) is -7.65. The van der Waals surface area contributed by atoms with Gasteiger partial charge >= 0.3 is 6.36 Å². The van der Waals surface area contributed by atoms with Crippen LogP contribution in [0.4, 0.5) is 27.6 Å². The molecule has 1 aromatic carbocycles. The molecule has 12 heteroatoms. The number of halogens is 6. The summed E-state index contributed by atoms with van der Waals surface area (Å²) in [5.74, 6) is -0.426. The predicted octanol–water partition coefficient (Wildman–Crippen LogP) is 4.95. The quantitative estimate of drug-likeness (QED) is 0.489. The monoisotopic (exact) mass is 447 g/mol. The Morgan fingerprint density at radius 1 is 1.38 bits per heavy atom. The molecule has 0 aliphatic rings. The maximum absolute atomic E-state index is 12.9. The van der Waals surface area contributed by atoms with E-state index in [9.17, 15) is 22.0 Å². The molecule has 0 spiro atoms. The summed E-state index contributed by atoms with van der Waals surface area (Å²) < 4.78 is 69.9. The van der Waals surface area contributed by atoms with E-state index in [0.717, 1.165) is 12.1 Å². The first-order valence-electron chi connectivity index (χ1n) is 6.04. The number of nitrogens with zero attached hydrogens (tertiary/aromatic N) is 3. The van der Waals surface area contributed by atoms with Crippen LogP contribution in [-0.4, -0.2) is 28.0 Å². The molecule has 2 aromatic rings. The SMILES string of the molecule is CN(C(=S)c1snnc1C(F)F)c1ccc(OC(F)(F)F)cc1Br. The summed E-state index contributed by atoms with van der Waals surface area (Å²) in [5, 5.41) is 3.34. The molecule has 0 fully saturated rings. The minimum Gasteiger partial charge on any atom is -0.406 e. The van der Waals surface area contributed by atoms with E-state index in [1.807, 2.05) is 0 Å². The van der Waals surface area contributed by atoms with Crippen molar-refractivity contribution in [1.29, 1.82) is 0 Å². The van der Waals surface area contributed by atoms with E-state index in [0.29, 0.717) is 17.2 Å². The van der Waals surface area contributed by atoms with Crippen LogP contribution in [0, 0.1) is 0 Å². The second-order valence-corrected chi connectivity index (χ2v) is 6.31. The van der Waals surface area contributed by atoms with Gasteiger partial charge in [0.05, 0.1) is 5.69 Å². The molecule has 130 valence electrons. The molecule has 0 saturated heterocycles. The van der Waals surface area contributed by atoms with Crippen LogP contribution >= 0.6 is 39.7 Å². The van der Waals surface area contributed by atoms with Gasteiger partial charge in [0.15, 0.2) is 5.69 Å². The zero-order valence-electron chi connectivity index (χ0n) is 11.6. The van der Waals surface area contributed by atoms with Crippen LogP contribution in [0.25, 0.3) is 0 Å². The molecular formula is C12H7BrF5N3OS2. The topological polar surface area (TPSA) is 38.2 Å². The number of benzene rings is 1. The lowest BCUT2D eigenvalue weighted by Crippen LogP contribution is -2.26. The molecule has 0 atom stereocenters. The Hall–Kier alpha value is -1.40. The van der Waals surface area contributed by atoms with Crippen LogP contribution in [0.15, 0.2) is 22.7 Å². The Labute approximate surface area is 150 Å².